The lowest BCUT2D eigenvalue weighted by Gasteiger charge is -2.11. The topological polar surface area (TPSA) is 103 Å². The minimum absolute atomic E-state index is 0.132. The molecule has 33 heavy (non-hydrogen) atoms. The van der Waals surface area contributed by atoms with Gasteiger partial charge >= 0.3 is 0 Å². The van der Waals surface area contributed by atoms with Gasteiger partial charge in [-0.15, -0.1) is 10.2 Å². The number of carbonyl (C=O) groups is 2. The first-order valence-electron chi connectivity index (χ1n) is 10.1. The van der Waals surface area contributed by atoms with E-state index < -0.39 is 5.91 Å². The molecule has 4 aromatic rings. The number of hydrogen-bond acceptors (Lipinski definition) is 5. The minimum atomic E-state index is -0.518. The van der Waals surface area contributed by atoms with Crippen molar-refractivity contribution in [2.45, 2.75) is 11.7 Å². The number of nitrogens with two attached hydrogens (primary N) is 1. The van der Waals surface area contributed by atoms with Gasteiger partial charge in [-0.2, -0.15) is 0 Å². The van der Waals surface area contributed by atoms with Crippen LogP contribution < -0.4 is 11.1 Å². The number of carbonyl (C=O) groups excluding carboxylic acids is 2. The highest BCUT2D eigenvalue weighted by atomic mass is 35.5. The second-order valence-electron chi connectivity index (χ2n) is 7.14. The number of anilines is 1. The highest BCUT2D eigenvalue weighted by Crippen LogP contribution is 2.30. The maximum atomic E-state index is 12.5. The van der Waals surface area contributed by atoms with E-state index in [1.807, 2.05) is 59.2 Å². The van der Waals surface area contributed by atoms with E-state index in [9.17, 15) is 9.59 Å². The summed E-state index contributed by atoms with van der Waals surface area (Å²) < 4.78 is 1.95. The summed E-state index contributed by atoms with van der Waals surface area (Å²) in [4.78, 5) is 23.7. The summed E-state index contributed by atoms with van der Waals surface area (Å²) in [5.41, 5.74) is 8.05. The second kappa shape index (κ2) is 10.3. The van der Waals surface area contributed by atoms with Crippen LogP contribution in [0.4, 0.5) is 5.69 Å². The third-order valence-electron chi connectivity index (χ3n) is 4.80. The Balaban J connectivity index is 1.52. The van der Waals surface area contributed by atoms with E-state index in [-0.39, 0.29) is 11.7 Å². The fraction of sp³-hybridized carbons (Fsp3) is 0.0833. The Morgan fingerprint density at radius 1 is 0.939 bits per heavy atom. The molecule has 0 saturated heterocycles. The lowest BCUT2D eigenvalue weighted by molar-refractivity contribution is -0.113. The van der Waals surface area contributed by atoms with Crippen LogP contribution in [0.3, 0.4) is 0 Å². The average Bonchev–Trinajstić information content (AvgIpc) is 3.21. The number of hydrogen-bond donors (Lipinski definition) is 2. The Hall–Kier alpha value is -3.62. The third kappa shape index (κ3) is 5.60. The summed E-state index contributed by atoms with van der Waals surface area (Å²) in [5.74, 6) is 0.0396. The normalized spacial score (nSPS) is 10.7. The first kappa shape index (κ1) is 22.6. The average molecular weight is 478 g/mol. The highest BCUT2D eigenvalue weighted by molar-refractivity contribution is 7.99. The fourth-order valence-electron chi connectivity index (χ4n) is 3.19. The van der Waals surface area contributed by atoms with Gasteiger partial charge in [0.1, 0.15) is 0 Å². The SMILES string of the molecule is NC(=O)c1ccc(NC(=O)CSc2nnc(-c3ccccc3Cl)n2Cc2ccccc2)cc1. The van der Waals surface area contributed by atoms with Gasteiger partial charge in [0.25, 0.3) is 0 Å². The summed E-state index contributed by atoms with van der Waals surface area (Å²) in [6.07, 6.45) is 0. The van der Waals surface area contributed by atoms with E-state index in [1.165, 1.54) is 11.8 Å². The van der Waals surface area contributed by atoms with Gasteiger partial charge in [0.05, 0.1) is 17.3 Å². The summed E-state index contributed by atoms with van der Waals surface area (Å²) in [7, 11) is 0. The Labute approximate surface area is 200 Å². The molecule has 1 aromatic heterocycles. The van der Waals surface area contributed by atoms with Crippen molar-refractivity contribution in [3.63, 3.8) is 0 Å². The van der Waals surface area contributed by atoms with E-state index in [0.717, 1.165) is 11.1 Å². The molecule has 9 heteroatoms. The van der Waals surface area contributed by atoms with Crippen molar-refractivity contribution < 1.29 is 9.59 Å². The number of aromatic nitrogens is 3. The lowest BCUT2D eigenvalue weighted by atomic mass is 10.2. The maximum Gasteiger partial charge on any atom is 0.248 e. The number of nitrogens with one attached hydrogen (secondary N) is 1. The molecule has 3 N–H and O–H groups in total. The molecule has 0 spiro atoms. The first-order chi connectivity index (χ1) is 16.0. The molecule has 0 bridgehead atoms. The number of nitrogens with zero attached hydrogens (tertiary/aromatic N) is 3. The summed E-state index contributed by atoms with van der Waals surface area (Å²) in [5, 5.41) is 12.7. The number of halogens is 1. The molecule has 4 rings (SSSR count). The van der Waals surface area contributed by atoms with Gasteiger partial charge in [-0.25, -0.2) is 0 Å². The number of primary amides is 1. The van der Waals surface area contributed by atoms with Gasteiger partial charge in [0.15, 0.2) is 11.0 Å². The van der Waals surface area contributed by atoms with Gasteiger partial charge in [-0.3, -0.25) is 14.2 Å². The largest absolute Gasteiger partial charge is 0.366 e. The minimum Gasteiger partial charge on any atom is -0.366 e. The van der Waals surface area contributed by atoms with Crippen molar-refractivity contribution in [3.05, 3.63) is 95.0 Å². The number of thioether (sulfide) groups is 1. The van der Waals surface area contributed by atoms with Gasteiger partial charge in [-0.05, 0) is 42.0 Å². The monoisotopic (exact) mass is 477 g/mol. The van der Waals surface area contributed by atoms with Gasteiger partial charge in [0.2, 0.25) is 11.8 Å². The van der Waals surface area contributed by atoms with Crippen LogP contribution in [0.2, 0.25) is 5.02 Å². The molecule has 1 heterocycles. The molecule has 0 unspecified atom stereocenters. The Morgan fingerprint density at radius 3 is 2.33 bits per heavy atom. The number of rotatable bonds is 8. The van der Waals surface area contributed by atoms with Crippen LogP contribution in [0.1, 0.15) is 15.9 Å². The Bertz CT molecular complexity index is 1280. The van der Waals surface area contributed by atoms with Crippen LogP contribution in [0.25, 0.3) is 11.4 Å². The second-order valence-corrected chi connectivity index (χ2v) is 8.49. The zero-order valence-corrected chi connectivity index (χ0v) is 19.0. The van der Waals surface area contributed by atoms with Crippen LogP contribution in [-0.2, 0) is 11.3 Å². The van der Waals surface area contributed by atoms with Crippen LogP contribution in [-0.4, -0.2) is 32.3 Å². The summed E-state index contributed by atoms with van der Waals surface area (Å²) in [6, 6.07) is 23.8. The summed E-state index contributed by atoms with van der Waals surface area (Å²) in [6.45, 7) is 0.535. The highest BCUT2D eigenvalue weighted by Gasteiger charge is 2.18. The van der Waals surface area contributed by atoms with E-state index in [0.29, 0.717) is 33.8 Å². The van der Waals surface area contributed by atoms with Gasteiger partial charge in [-0.1, -0.05) is 65.8 Å². The van der Waals surface area contributed by atoms with Crippen LogP contribution in [0, 0.1) is 0 Å². The molecule has 0 aliphatic rings. The number of amides is 2. The molecule has 0 radical (unpaired) electrons. The lowest BCUT2D eigenvalue weighted by Crippen LogP contribution is -2.15. The molecule has 0 atom stereocenters. The molecule has 166 valence electrons. The van der Waals surface area contributed by atoms with Crippen LogP contribution >= 0.6 is 23.4 Å². The smallest absolute Gasteiger partial charge is 0.248 e. The molecule has 0 saturated carbocycles. The number of benzene rings is 3. The standard InChI is InChI=1S/C24H20ClN5O2S/c25-20-9-5-4-8-19(20)23-28-29-24(30(23)14-16-6-2-1-3-7-16)33-15-21(31)27-18-12-10-17(11-13-18)22(26)32/h1-13H,14-15H2,(H2,26,32)(H,27,31). The Morgan fingerprint density at radius 2 is 1.64 bits per heavy atom. The first-order valence-corrected chi connectivity index (χ1v) is 11.4. The van der Waals surface area contributed by atoms with Crippen LogP contribution in [0.15, 0.2) is 84.0 Å². The predicted octanol–water partition coefficient (Wildman–Crippen LogP) is 4.48. The zero-order chi connectivity index (χ0) is 23.2. The van der Waals surface area contributed by atoms with E-state index >= 15 is 0 Å². The zero-order valence-electron chi connectivity index (χ0n) is 17.4. The van der Waals surface area contributed by atoms with Crippen molar-refractivity contribution in [1.82, 2.24) is 14.8 Å². The van der Waals surface area contributed by atoms with E-state index in [2.05, 4.69) is 15.5 Å². The molecule has 0 aliphatic carbocycles. The van der Waals surface area contributed by atoms with E-state index in [1.54, 1.807) is 24.3 Å². The van der Waals surface area contributed by atoms with Gasteiger partial charge < -0.3 is 11.1 Å². The van der Waals surface area contributed by atoms with Crippen molar-refractivity contribution in [1.29, 1.82) is 0 Å². The summed E-state index contributed by atoms with van der Waals surface area (Å²) >= 11 is 7.69. The fourth-order valence-corrected chi connectivity index (χ4v) is 4.15. The van der Waals surface area contributed by atoms with Crippen molar-refractivity contribution >= 4 is 40.9 Å². The predicted molar refractivity (Wildman–Crippen MR) is 130 cm³/mol. The molecular formula is C24H20ClN5O2S. The quantitative estimate of drug-likeness (QED) is 0.364. The van der Waals surface area contributed by atoms with Gasteiger partial charge in [0, 0.05) is 16.8 Å². The van der Waals surface area contributed by atoms with Crippen LogP contribution in [0.5, 0.6) is 0 Å². The molecule has 2 amide bonds. The van der Waals surface area contributed by atoms with Crippen molar-refractivity contribution in [2.75, 3.05) is 11.1 Å². The Kier molecular flexibility index (Phi) is 7.07. The molecule has 0 fully saturated rings. The maximum absolute atomic E-state index is 12.5. The molecule has 7 nitrogen and oxygen atoms in total. The van der Waals surface area contributed by atoms with Crippen molar-refractivity contribution in [2.24, 2.45) is 5.73 Å². The third-order valence-corrected chi connectivity index (χ3v) is 6.10. The molecule has 0 aliphatic heterocycles. The van der Waals surface area contributed by atoms with E-state index in [4.69, 9.17) is 17.3 Å². The molecular weight excluding hydrogens is 458 g/mol. The molecule has 3 aromatic carbocycles. The van der Waals surface area contributed by atoms with Crippen molar-refractivity contribution in [3.8, 4) is 11.4 Å².